The van der Waals surface area contributed by atoms with Gasteiger partial charge in [0.05, 0.1) is 6.54 Å². The molecule has 0 spiro atoms. The Hall–Kier alpha value is -1.72. The fraction of sp³-hybridized carbons (Fsp3) is 0.214. The highest BCUT2D eigenvalue weighted by molar-refractivity contribution is 7.80. The minimum atomic E-state index is -0.281. The summed E-state index contributed by atoms with van der Waals surface area (Å²) >= 11 is 11.1. The van der Waals surface area contributed by atoms with E-state index in [9.17, 15) is 4.79 Å². The number of aryl methyl sites for hydroxylation is 2. The van der Waals surface area contributed by atoms with Gasteiger partial charge in [-0.15, -0.1) is 0 Å². The molecule has 0 fully saturated rings. The summed E-state index contributed by atoms with van der Waals surface area (Å²) in [6.45, 7) is 4.03. The van der Waals surface area contributed by atoms with Crippen molar-refractivity contribution < 1.29 is 0 Å². The summed E-state index contributed by atoms with van der Waals surface area (Å²) in [6.07, 6.45) is 0. The monoisotopic (exact) mass is 307 g/mol. The quantitative estimate of drug-likeness (QED) is 0.883. The minimum Gasteiger partial charge on any atom is -0.389 e. The molecule has 1 aromatic heterocycles. The van der Waals surface area contributed by atoms with Gasteiger partial charge in [0.1, 0.15) is 4.99 Å². The standard InChI is InChI=1S/C14H14ClN3OS/c1-8-5-9(2)18(14(19)17-8)7-11-4-3-10(13(16)20)6-12(11)15/h3-6H,7H2,1-2H3,(H2,16,20). The highest BCUT2D eigenvalue weighted by Crippen LogP contribution is 2.19. The molecule has 0 aliphatic carbocycles. The third-order valence-electron chi connectivity index (χ3n) is 3.01. The van der Waals surface area contributed by atoms with E-state index in [-0.39, 0.29) is 5.69 Å². The van der Waals surface area contributed by atoms with Crippen LogP contribution in [0.2, 0.25) is 5.02 Å². The number of thiocarbonyl (C=S) groups is 1. The Balaban J connectivity index is 2.41. The van der Waals surface area contributed by atoms with Crippen LogP contribution < -0.4 is 11.4 Å². The number of halogens is 1. The van der Waals surface area contributed by atoms with Crippen LogP contribution in [-0.4, -0.2) is 14.5 Å². The van der Waals surface area contributed by atoms with Crippen molar-refractivity contribution in [3.05, 3.63) is 62.3 Å². The van der Waals surface area contributed by atoms with E-state index in [1.807, 2.05) is 19.1 Å². The minimum absolute atomic E-state index is 0.281. The van der Waals surface area contributed by atoms with Gasteiger partial charge < -0.3 is 5.73 Å². The van der Waals surface area contributed by atoms with Gasteiger partial charge in [-0.25, -0.2) is 4.79 Å². The largest absolute Gasteiger partial charge is 0.389 e. The highest BCUT2D eigenvalue weighted by Gasteiger charge is 2.08. The lowest BCUT2D eigenvalue weighted by Gasteiger charge is -2.11. The molecule has 6 heteroatoms. The molecule has 20 heavy (non-hydrogen) atoms. The van der Waals surface area contributed by atoms with Crippen LogP contribution in [0, 0.1) is 13.8 Å². The van der Waals surface area contributed by atoms with Gasteiger partial charge in [-0.05, 0) is 31.5 Å². The fourth-order valence-corrected chi connectivity index (χ4v) is 2.33. The first-order chi connectivity index (χ1) is 9.38. The summed E-state index contributed by atoms with van der Waals surface area (Å²) in [5.74, 6) is 0. The average molecular weight is 308 g/mol. The van der Waals surface area contributed by atoms with Gasteiger partial charge in [-0.1, -0.05) is 36.0 Å². The highest BCUT2D eigenvalue weighted by atomic mass is 35.5. The SMILES string of the molecule is Cc1cc(C)n(Cc2ccc(C(N)=S)cc2Cl)c(=O)n1. The van der Waals surface area contributed by atoms with Gasteiger partial charge in [0, 0.05) is 22.0 Å². The molecular formula is C14H14ClN3OS. The molecule has 0 bridgehead atoms. The van der Waals surface area contributed by atoms with Gasteiger partial charge in [0.15, 0.2) is 0 Å². The molecule has 1 heterocycles. The Morgan fingerprint density at radius 2 is 2.10 bits per heavy atom. The molecular weight excluding hydrogens is 294 g/mol. The molecule has 4 nitrogen and oxygen atoms in total. The van der Waals surface area contributed by atoms with Gasteiger partial charge >= 0.3 is 5.69 Å². The molecule has 0 amide bonds. The van der Waals surface area contributed by atoms with Crippen molar-refractivity contribution in [1.29, 1.82) is 0 Å². The number of benzene rings is 1. The summed E-state index contributed by atoms with van der Waals surface area (Å²) < 4.78 is 1.58. The number of nitrogens with two attached hydrogens (primary N) is 1. The zero-order valence-electron chi connectivity index (χ0n) is 11.2. The van der Waals surface area contributed by atoms with Gasteiger partial charge in [0.25, 0.3) is 0 Å². The van der Waals surface area contributed by atoms with E-state index in [4.69, 9.17) is 29.6 Å². The Morgan fingerprint density at radius 1 is 1.40 bits per heavy atom. The molecule has 0 saturated heterocycles. The summed E-state index contributed by atoms with van der Waals surface area (Å²) in [6, 6.07) is 7.19. The van der Waals surface area contributed by atoms with E-state index < -0.39 is 0 Å². The first-order valence-corrected chi connectivity index (χ1v) is 6.80. The smallest absolute Gasteiger partial charge is 0.348 e. The topological polar surface area (TPSA) is 60.9 Å². The van der Waals surface area contributed by atoms with E-state index >= 15 is 0 Å². The zero-order valence-corrected chi connectivity index (χ0v) is 12.8. The lowest BCUT2D eigenvalue weighted by molar-refractivity contribution is 0.694. The molecule has 104 valence electrons. The zero-order chi connectivity index (χ0) is 14.9. The molecule has 2 aromatic rings. The first kappa shape index (κ1) is 14.7. The summed E-state index contributed by atoms with van der Waals surface area (Å²) in [5.41, 5.74) is 8.36. The molecule has 0 radical (unpaired) electrons. The molecule has 1 aromatic carbocycles. The number of hydrogen-bond donors (Lipinski definition) is 1. The lowest BCUT2D eigenvalue weighted by Crippen LogP contribution is -2.26. The number of aromatic nitrogens is 2. The maximum absolute atomic E-state index is 11.9. The number of hydrogen-bond acceptors (Lipinski definition) is 3. The van der Waals surface area contributed by atoms with Gasteiger partial charge in [-0.3, -0.25) is 4.57 Å². The van der Waals surface area contributed by atoms with Crippen LogP contribution in [0.1, 0.15) is 22.5 Å². The van der Waals surface area contributed by atoms with E-state index in [1.165, 1.54) is 0 Å². The van der Waals surface area contributed by atoms with Crippen molar-refractivity contribution in [1.82, 2.24) is 9.55 Å². The van der Waals surface area contributed by atoms with Crippen LogP contribution >= 0.6 is 23.8 Å². The molecule has 2 N–H and O–H groups in total. The van der Waals surface area contributed by atoms with Crippen molar-refractivity contribution >= 4 is 28.8 Å². The van der Waals surface area contributed by atoms with Crippen LogP contribution in [0.4, 0.5) is 0 Å². The maximum atomic E-state index is 11.9. The van der Waals surface area contributed by atoms with Crippen LogP contribution in [0.25, 0.3) is 0 Å². The number of rotatable bonds is 3. The first-order valence-electron chi connectivity index (χ1n) is 6.02. The van der Waals surface area contributed by atoms with Gasteiger partial charge in [0.2, 0.25) is 0 Å². The Morgan fingerprint density at radius 3 is 2.65 bits per heavy atom. The molecule has 0 saturated carbocycles. The van der Waals surface area contributed by atoms with E-state index in [0.717, 1.165) is 11.3 Å². The Kier molecular flexibility index (Phi) is 4.20. The number of nitrogens with zero attached hydrogens (tertiary/aromatic N) is 2. The van der Waals surface area contributed by atoms with Crippen LogP contribution in [0.15, 0.2) is 29.1 Å². The Labute approximate surface area is 127 Å². The summed E-state index contributed by atoms with van der Waals surface area (Å²) in [4.78, 5) is 16.1. The maximum Gasteiger partial charge on any atom is 0.348 e. The lowest BCUT2D eigenvalue weighted by atomic mass is 10.1. The van der Waals surface area contributed by atoms with Gasteiger partial charge in [-0.2, -0.15) is 4.98 Å². The fourth-order valence-electron chi connectivity index (χ4n) is 1.97. The molecule has 0 aliphatic rings. The molecule has 0 atom stereocenters. The average Bonchev–Trinajstić information content (AvgIpc) is 2.34. The summed E-state index contributed by atoms with van der Waals surface area (Å²) in [7, 11) is 0. The van der Waals surface area contributed by atoms with E-state index in [2.05, 4.69) is 4.98 Å². The predicted octanol–water partition coefficient (Wildman–Crippen LogP) is 2.20. The van der Waals surface area contributed by atoms with Crippen LogP contribution in [-0.2, 0) is 6.54 Å². The van der Waals surface area contributed by atoms with Crippen molar-refractivity contribution in [2.75, 3.05) is 0 Å². The van der Waals surface area contributed by atoms with E-state index in [0.29, 0.717) is 27.8 Å². The summed E-state index contributed by atoms with van der Waals surface area (Å²) in [5, 5.41) is 0.530. The van der Waals surface area contributed by atoms with Crippen molar-refractivity contribution in [2.24, 2.45) is 5.73 Å². The second-order valence-electron chi connectivity index (χ2n) is 4.58. The molecule has 0 aliphatic heterocycles. The third kappa shape index (κ3) is 3.05. The van der Waals surface area contributed by atoms with Crippen molar-refractivity contribution in [3.8, 4) is 0 Å². The molecule has 2 rings (SSSR count). The van der Waals surface area contributed by atoms with Crippen LogP contribution in [0.5, 0.6) is 0 Å². The second kappa shape index (κ2) is 5.73. The normalized spacial score (nSPS) is 10.6. The van der Waals surface area contributed by atoms with E-state index in [1.54, 1.807) is 23.6 Å². The molecule has 0 unspecified atom stereocenters. The predicted molar refractivity (Wildman–Crippen MR) is 84.4 cm³/mol. The Bertz CT molecular complexity index is 740. The van der Waals surface area contributed by atoms with Crippen LogP contribution in [0.3, 0.4) is 0 Å². The second-order valence-corrected chi connectivity index (χ2v) is 5.43. The third-order valence-corrected chi connectivity index (χ3v) is 3.60. The van der Waals surface area contributed by atoms with Crippen molar-refractivity contribution in [3.63, 3.8) is 0 Å². The van der Waals surface area contributed by atoms with Crippen molar-refractivity contribution in [2.45, 2.75) is 20.4 Å².